The molecule has 0 fully saturated rings. The Hall–Kier alpha value is -4.52. The topological polar surface area (TPSA) is 109 Å². The molecule has 0 saturated heterocycles. The second-order valence-electron chi connectivity index (χ2n) is 7.88. The van der Waals surface area contributed by atoms with Crippen LogP contribution in [0.4, 0.5) is 11.8 Å². The molecule has 5 aromatic rings. The number of aromatic nitrogens is 2. The molecule has 0 aliphatic rings. The summed E-state index contributed by atoms with van der Waals surface area (Å²) in [5.74, 6) is 2.32. The van der Waals surface area contributed by atoms with Crippen molar-refractivity contribution in [2.45, 2.75) is 6.42 Å². The minimum atomic E-state index is 0.142. The van der Waals surface area contributed by atoms with Gasteiger partial charge in [0.2, 0.25) is 11.7 Å². The Morgan fingerprint density at radius 1 is 0.824 bits per heavy atom. The second kappa shape index (κ2) is 8.78. The van der Waals surface area contributed by atoms with Crippen LogP contribution in [0.15, 0.2) is 77.3 Å². The predicted molar refractivity (Wildman–Crippen MR) is 134 cm³/mol. The van der Waals surface area contributed by atoms with Gasteiger partial charge in [-0.2, -0.15) is 4.98 Å². The monoisotopic (exact) mass is 452 g/mol. The number of hydrogen-bond acceptors (Lipinski definition) is 7. The fourth-order valence-corrected chi connectivity index (χ4v) is 4.08. The van der Waals surface area contributed by atoms with E-state index >= 15 is 0 Å². The molecular formula is C27H24N4O3. The van der Waals surface area contributed by atoms with E-state index in [1.54, 1.807) is 20.4 Å². The van der Waals surface area contributed by atoms with Gasteiger partial charge in [0, 0.05) is 29.1 Å². The summed E-state index contributed by atoms with van der Waals surface area (Å²) in [7, 11) is 3.19. The number of anilines is 2. The van der Waals surface area contributed by atoms with E-state index in [0.29, 0.717) is 29.3 Å². The molecule has 0 amide bonds. The van der Waals surface area contributed by atoms with Crippen molar-refractivity contribution in [3.8, 4) is 33.9 Å². The van der Waals surface area contributed by atoms with Gasteiger partial charge >= 0.3 is 0 Å². The number of furan rings is 1. The van der Waals surface area contributed by atoms with Gasteiger partial charge in [0.15, 0.2) is 11.3 Å². The van der Waals surface area contributed by atoms with Crippen LogP contribution in [0.5, 0.6) is 11.5 Å². The number of nitrogen functional groups attached to an aromatic ring is 2. The molecule has 0 saturated carbocycles. The van der Waals surface area contributed by atoms with Gasteiger partial charge in [0.1, 0.15) is 11.6 Å². The summed E-state index contributed by atoms with van der Waals surface area (Å²) < 4.78 is 17.5. The maximum atomic E-state index is 6.30. The molecule has 0 aliphatic carbocycles. The third kappa shape index (κ3) is 3.88. The van der Waals surface area contributed by atoms with Gasteiger partial charge in [-0.1, -0.05) is 54.6 Å². The molecule has 170 valence electrons. The van der Waals surface area contributed by atoms with Gasteiger partial charge in [0.05, 0.1) is 14.2 Å². The van der Waals surface area contributed by atoms with E-state index in [4.69, 9.17) is 25.4 Å². The van der Waals surface area contributed by atoms with Crippen molar-refractivity contribution in [1.29, 1.82) is 0 Å². The molecule has 2 aromatic heterocycles. The summed E-state index contributed by atoms with van der Waals surface area (Å²) in [6.45, 7) is 0. The van der Waals surface area contributed by atoms with E-state index in [1.165, 1.54) is 0 Å². The van der Waals surface area contributed by atoms with Crippen molar-refractivity contribution < 1.29 is 13.9 Å². The van der Waals surface area contributed by atoms with Crippen LogP contribution >= 0.6 is 0 Å². The van der Waals surface area contributed by atoms with Crippen LogP contribution in [0.2, 0.25) is 0 Å². The van der Waals surface area contributed by atoms with Crippen LogP contribution in [-0.4, -0.2) is 24.2 Å². The second-order valence-corrected chi connectivity index (χ2v) is 7.88. The maximum Gasteiger partial charge on any atom is 0.221 e. The lowest BCUT2D eigenvalue weighted by molar-refractivity contribution is 0.353. The van der Waals surface area contributed by atoms with Crippen molar-refractivity contribution in [3.05, 3.63) is 84.1 Å². The molecule has 0 unspecified atom stereocenters. The van der Waals surface area contributed by atoms with E-state index in [1.807, 2.05) is 30.3 Å². The predicted octanol–water partition coefficient (Wildman–Crippen LogP) is 5.33. The third-order valence-corrected chi connectivity index (χ3v) is 5.81. The zero-order valence-electron chi connectivity index (χ0n) is 18.9. The van der Waals surface area contributed by atoms with Gasteiger partial charge < -0.3 is 25.4 Å². The fraction of sp³-hybridized carbons (Fsp3) is 0.111. The molecule has 7 nitrogen and oxygen atoms in total. The Morgan fingerprint density at radius 3 is 2.21 bits per heavy atom. The van der Waals surface area contributed by atoms with Crippen molar-refractivity contribution >= 4 is 22.7 Å². The summed E-state index contributed by atoms with van der Waals surface area (Å²) in [5.41, 5.74) is 17.3. The van der Waals surface area contributed by atoms with Gasteiger partial charge in [-0.25, -0.2) is 4.98 Å². The Balaban J connectivity index is 1.60. The van der Waals surface area contributed by atoms with Crippen LogP contribution in [0.25, 0.3) is 33.4 Å². The van der Waals surface area contributed by atoms with E-state index < -0.39 is 0 Å². The highest BCUT2D eigenvalue weighted by atomic mass is 16.5. The van der Waals surface area contributed by atoms with Crippen molar-refractivity contribution in [1.82, 2.24) is 9.97 Å². The number of nitrogens with zero attached hydrogens (tertiary/aromatic N) is 2. The number of ether oxygens (including phenoxy) is 2. The number of rotatable bonds is 6. The average Bonchev–Trinajstić information content (AvgIpc) is 3.31. The number of methoxy groups -OCH3 is 2. The number of nitrogens with two attached hydrogens (primary N) is 2. The lowest BCUT2D eigenvalue weighted by Crippen LogP contribution is -2.04. The first-order valence-electron chi connectivity index (χ1n) is 10.8. The lowest BCUT2D eigenvalue weighted by Gasteiger charge is -2.12. The highest BCUT2D eigenvalue weighted by Gasteiger charge is 2.20. The molecule has 5 rings (SSSR count). The fourth-order valence-electron chi connectivity index (χ4n) is 4.08. The van der Waals surface area contributed by atoms with E-state index in [-0.39, 0.29) is 5.95 Å². The first kappa shape index (κ1) is 21.3. The van der Waals surface area contributed by atoms with E-state index in [0.717, 1.165) is 39.0 Å². The number of hydrogen-bond donors (Lipinski definition) is 2. The van der Waals surface area contributed by atoms with E-state index in [9.17, 15) is 0 Å². The summed E-state index contributed by atoms with van der Waals surface area (Å²) in [4.78, 5) is 8.16. The van der Waals surface area contributed by atoms with Gasteiger partial charge in [-0.05, 0) is 28.8 Å². The van der Waals surface area contributed by atoms with Crippen LogP contribution in [0.1, 0.15) is 11.1 Å². The molecule has 7 heteroatoms. The Kier molecular flexibility index (Phi) is 5.51. The van der Waals surface area contributed by atoms with Crippen LogP contribution in [-0.2, 0) is 6.42 Å². The van der Waals surface area contributed by atoms with E-state index in [2.05, 4.69) is 46.4 Å². The Bertz CT molecular complexity index is 1460. The third-order valence-electron chi connectivity index (χ3n) is 5.81. The van der Waals surface area contributed by atoms with Gasteiger partial charge in [0.25, 0.3) is 0 Å². The minimum absolute atomic E-state index is 0.142. The standard InChI is InChI=1S/C27H24N4O3/c1-32-23-13-19(12-20-15-30-27(29)31-26(20)28)21-14-22(34-24(21)25(23)33-2)18-10-8-17(9-11-18)16-6-4-3-5-7-16/h3-11,13-15H,12H2,1-2H3,(H4,28,29,30,31). The minimum Gasteiger partial charge on any atom is -0.493 e. The highest BCUT2D eigenvalue weighted by molar-refractivity contribution is 5.93. The van der Waals surface area contributed by atoms with Crippen molar-refractivity contribution in [3.63, 3.8) is 0 Å². The smallest absolute Gasteiger partial charge is 0.221 e. The normalized spacial score (nSPS) is 11.0. The SMILES string of the molecule is COc1cc(Cc2cnc(N)nc2N)c2cc(-c3ccc(-c4ccccc4)cc3)oc2c1OC. The molecular weight excluding hydrogens is 428 g/mol. The molecule has 34 heavy (non-hydrogen) atoms. The molecule has 0 spiro atoms. The summed E-state index contributed by atoms with van der Waals surface area (Å²) in [6.07, 6.45) is 2.12. The van der Waals surface area contributed by atoms with Gasteiger partial charge in [-0.3, -0.25) is 0 Å². The van der Waals surface area contributed by atoms with Gasteiger partial charge in [-0.15, -0.1) is 0 Å². The number of fused-ring (bicyclic) bond motifs is 1. The molecule has 0 aliphatic heterocycles. The molecule has 4 N–H and O–H groups in total. The maximum absolute atomic E-state index is 6.30. The van der Waals surface area contributed by atoms with Crippen molar-refractivity contribution in [2.75, 3.05) is 25.7 Å². The first-order chi connectivity index (χ1) is 16.6. The van der Waals surface area contributed by atoms with Crippen LogP contribution in [0.3, 0.4) is 0 Å². The molecule has 3 aromatic carbocycles. The summed E-state index contributed by atoms with van der Waals surface area (Å²) in [6, 6.07) is 22.5. The Labute approximate surface area is 197 Å². The Morgan fingerprint density at radius 2 is 1.53 bits per heavy atom. The van der Waals surface area contributed by atoms with Crippen LogP contribution in [0, 0.1) is 0 Å². The summed E-state index contributed by atoms with van der Waals surface area (Å²) in [5, 5.41) is 0.899. The van der Waals surface area contributed by atoms with Crippen LogP contribution < -0.4 is 20.9 Å². The summed E-state index contributed by atoms with van der Waals surface area (Å²) >= 11 is 0. The molecule has 0 radical (unpaired) electrons. The molecule has 0 bridgehead atoms. The first-order valence-corrected chi connectivity index (χ1v) is 10.8. The molecule has 0 atom stereocenters. The zero-order valence-corrected chi connectivity index (χ0v) is 18.9. The van der Waals surface area contributed by atoms with Crippen molar-refractivity contribution in [2.24, 2.45) is 0 Å². The largest absolute Gasteiger partial charge is 0.493 e. The number of benzene rings is 3. The lowest BCUT2D eigenvalue weighted by atomic mass is 10.0. The quantitative estimate of drug-likeness (QED) is 0.358. The molecule has 2 heterocycles. The average molecular weight is 453 g/mol. The highest BCUT2D eigenvalue weighted by Crippen LogP contribution is 2.42. The zero-order chi connectivity index (χ0) is 23.7.